The van der Waals surface area contributed by atoms with Crippen molar-refractivity contribution in [2.45, 2.75) is 0 Å². The molecule has 0 aliphatic heterocycles. The molecule has 0 amide bonds. The predicted molar refractivity (Wildman–Crippen MR) is 35.6 cm³/mol. The summed E-state index contributed by atoms with van der Waals surface area (Å²) in [5.41, 5.74) is 0. The van der Waals surface area contributed by atoms with Crippen LogP contribution in [-0.2, 0) is 48.9 Å². The molecule has 0 saturated carbocycles. The van der Waals surface area contributed by atoms with Crippen molar-refractivity contribution in [3.8, 4) is 0 Å². The van der Waals surface area contributed by atoms with Crippen LogP contribution in [-0.4, -0.2) is 36.9 Å². The predicted octanol–water partition coefficient (Wildman–Crippen LogP) is -6.94. The monoisotopic (exact) mass is 416 g/mol. The maximum absolute atomic E-state index is 9.06. The molecule has 15 nitrogen and oxygen atoms in total. The van der Waals surface area contributed by atoms with E-state index in [9.17, 15) is 0 Å². The second kappa shape index (κ2) is 19.3. The maximum atomic E-state index is 9.06. The molecule has 17 heteroatoms. The minimum atomic E-state index is -2.12. The van der Waals surface area contributed by atoms with Crippen molar-refractivity contribution < 1.29 is 108 Å². The molecular weight excluding hydrogens is 416 g/mol. The first-order chi connectivity index (χ1) is 9.38. The van der Waals surface area contributed by atoms with Crippen molar-refractivity contribution in [2.75, 3.05) is 0 Å². The van der Waals surface area contributed by atoms with E-state index in [1.54, 1.807) is 0 Å². The van der Waals surface area contributed by atoms with Crippen LogP contribution in [0.1, 0.15) is 0 Å². The van der Waals surface area contributed by atoms with Crippen LogP contribution < -0.4 is 30.6 Å². The van der Waals surface area contributed by atoms with E-state index < -0.39 is 36.9 Å². The zero-order valence-corrected chi connectivity index (χ0v) is 12.5. The molecule has 0 unspecified atom stereocenters. The van der Waals surface area contributed by atoms with Gasteiger partial charge in [-0.05, 0) is 0 Å². The summed E-state index contributed by atoms with van der Waals surface area (Å²) in [6.45, 7) is 0. The Hall–Kier alpha value is -2.72. The van der Waals surface area contributed by atoms with Crippen LogP contribution in [0.2, 0.25) is 0 Å². The second-order valence-electron chi connectivity index (χ2n) is 1.81. The average molecular weight is 416 g/mol. The molecule has 0 fully saturated rings. The number of hydrogen-bond donors (Lipinski definition) is 0. The molecular formula is C6Cr2O15. The van der Waals surface area contributed by atoms with Gasteiger partial charge in [0.1, 0.15) is 0 Å². The number of rotatable bonds is 0. The van der Waals surface area contributed by atoms with E-state index in [0.29, 0.717) is 0 Å². The van der Waals surface area contributed by atoms with E-state index in [4.69, 9.17) is 59.4 Å². The van der Waals surface area contributed by atoms with Crippen LogP contribution in [0.3, 0.4) is 0 Å². The minimum Gasteiger partial charge on any atom is -0.483 e. The largest absolute Gasteiger partial charge is 3.00 e. The van der Waals surface area contributed by atoms with E-state index in [1.807, 2.05) is 0 Å². The first kappa shape index (κ1) is 32.3. The van der Waals surface area contributed by atoms with Gasteiger partial charge in [0, 0.05) is 0 Å². The molecule has 23 heavy (non-hydrogen) atoms. The van der Waals surface area contributed by atoms with Gasteiger partial charge in [0.2, 0.25) is 0 Å². The van der Waals surface area contributed by atoms with Crippen LogP contribution >= 0.6 is 0 Å². The third-order valence-corrected chi connectivity index (χ3v) is 0.500. The van der Waals surface area contributed by atoms with E-state index in [-0.39, 0.29) is 34.7 Å². The van der Waals surface area contributed by atoms with Crippen molar-refractivity contribution in [1.29, 1.82) is 0 Å². The summed E-state index contributed by atoms with van der Waals surface area (Å²) in [5, 5.41) is 54.3. The van der Waals surface area contributed by atoms with Gasteiger partial charge in [-0.2, -0.15) is 0 Å². The van der Waals surface area contributed by atoms with E-state index in [1.165, 1.54) is 0 Å². The number of ether oxygens (including phenoxy) is 3. The van der Waals surface area contributed by atoms with Gasteiger partial charge < -0.3 is 73.6 Å². The van der Waals surface area contributed by atoms with Gasteiger partial charge >= 0.3 is 34.7 Å². The molecule has 126 valence electrons. The maximum Gasteiger partial charge on any atom is 3.00 e. The third kappa shape index (κ3) is 66.8. The Kier molecular flexibility index (Phi) is 27.1. The summed E-state index contributed by atoms with van der Waals surface area (Å²) in [5.74, 6) is 0. The Balaban J connectivity index is -0.0000000675. The minimum absolute atomic E-state index is 0. The normalized spacial score (nSPS) is 6.78. The standard InChI is InChI=1S/3C2H2O5.2Cr/c3*3-1(4)7-2(5)6;;/h3*(H,3,4)(H,5,6);;/q;;;2*+3/p-6. The molecule has 2 radical (unpaired) electrons. The van der Waals surface area contributed by atoms with Crippen LogP contribution in [0.4, 0.5) is 28.8 Å². The Morgan fingerprint density at radius 1 is 0.391 bits per heavy atom. The SMILES string of the molecule is O=C([O-])OC(=O)[O-].O=C([O-])OC(=O)[O-].O=C([O-])OC(=O)[O-].[Cr+3].[Cr+3]. The van der Waals surface area contributed by atoms with E-state index >= 15 is 0 Å². The third-order valence-electron chi connectivity index (χ3n) is 0.500. The molecule has 0 spiro atoms. The van der Waals surface area contributed by atoms with E-state index in [2.05, 4.69) is 14.2 Å². The van der Waals surface area contributed by atoms with Crippen LogP contribution in [0, 0.1) is 0 Å². The topological polar surface area (TPSA) is 268 Å². The Morgan fingerprint density at radius 3 is 0.478 bits per heavy atom. The summed E-state index contributed by atoms with van der Waals surface area (Å²) in [7, 11) is 0. The summed E-state index contributed by atoms with van der Waals surface area (Å²) >= 11 is 0. The van der Waals surface area contributed by atoms with Crippen molar-refractivity contribution in [1.82, 2.24) is 0 Å². The zero-order chi connectivity index (χ0) is 17.6. The Labute approximate surface area is 145 Å². The van der Waals surface area contributed by atoms with Gasteiger partial charge in [-0.25, -0.2) is 0 Å². The van der Waals surface area contributed by atoms with Crippen molar-refractivity contribution >= 4 is 36.9 Å². The molecule has 0 atom stereocenters. The fourth-order valence-corrected chi connectivity index (χ4v) is 0.204. The van der Waals surface area contributed by atoms with E-state index in [0.717, 1.165) is 0 Å². The van der Waals surface area contributed by atoms with Crippen molar-refractivity contribution in [3.63, 3.8) is 0 Å². The van der Waals surface area contributed by atoms with Crippen LogP contribution in [0.5, 0.6) is 0 Å². The molecule has 0 aromatic rings. The van der Waals surface area contributed by atoms with Gasteiger partial charge in [-0.3, -0.25) is 0 Å². The van der Waals surface area contributed by atoms with Crippen molar-refractivity contribution in [2.24, 2.45) is 0 Å². The van der Waals surface area contributed by atoms with Gasteiger partial charge in [0.05, 0.1) is 0 Å². The molecule has 0 heterocycles. The van der Waals surface area contributed by atoms with Gasteiger partial charge in [-0.15, -0.1) is 0 Å². The molecule has 0 aromatic heterocycles. The summed E-state index contributed by atoms with van der Waals surface area (Å²) in [6, 6.07) is 0. The van der Waals surface area contributed by atoms with Gasteiger partial charge in [-0.1, -0.05) is 0 Å². The fourth-order valence-electron chi connectivity index (χ4n) is 0.204. The first-order valence-corrected chi connectivity index (χ1v) is 3.67. The van der Waals surface area contributed by atoms with Gasteiger partial charge in [0.15, 0.2) is 0 Å². The quantitative estimate of drug-likeness (QED) is 0.201. The Bertz CT molecular complexity index is 318. The number of carbonyl (C=O) groups is 6. The summed E-state index contributed by atoms with van der Waals surface area (Å²) in [6.07, 6.45) is -12.7. The molecule has 0 aromatic carbocycles. The molecule has 0 N–H and O–H groups in total. The number of carbonyl (C=O) groups excluding carboxylic acids is 6. The zero-order valence-electron chi connectivity index (χ0n) is 9.94. The molecule has 0 bridgehead atoms. The van der Waals surface area contributed by atoms with Gasteiger partial charge in [0.25, 0.3) is 36.9 Å². The van der Waals surface area contributed by atoms with Crippen LogP contribution in [0.25, 0.3) is 0 Å². The molecule has 0 aliphatic rings. The Morgan fingerprint density at radius 2 is 0.478 bits per heavy atom. The molecule has 0 rings (SSSR count). The molecule has 0 saturated heterocycles. The second-order valence-corrected chi connectivity index (χ2v) is 1.81. The number of carboxylic acid groups (broad SMARTS) is 6. The number of hydrogen-bond acceptors (Lipinski definition) is 15. The molecule has 0 aliphatic carbocycles. The smallest absolute Gasteiger partial charge is 0.483 e. The van der Waals surface area contributed by atoms with Crippen molar-refractivity contribution in [3.05, 3.63) is 0 Å². The summed E-state index contributed by atoms with van der Waals surface area (Å²) < 4.78 is 8.58. The fraction of sp³-hybridized carbons (Fsp3) is 0. The first-order valence-electron chi connectivity index (χ1n) is 3.67. The summed E-state index contributed by atoms with van der Waals surface area (Å²) in [4.78, 5) is 54.3. The van der Waals surface area contributed by atoms with Crippen LogP contribution in [0.15, 0.2) is 0 Å². The average Bonchev–Trinajstić information content (AvgIpc) is 2.10.